The number of nitrogens with zero attached hydrogens (tertiary/aromatic N) is 3. The van der Waals surface area contributed by atoms with E-state index in [1.165, 1.54) is 12.1 Å². The van der Waals surface area contributed by atoms with E-state index in [-0.39, 0.29) is 24.2 Å². The number of hydrogen-bond donors (Lipinski definition) is 1. The number of carbonyl (C=O) groups is 1. The van der Waals surface area contributed by atoms with Gasteiger partial charge in [-0.2, -0.15) is 4.98 Å². The summed E-state index contributed by atoms with van der Waals surface area (Å²) < 4.78 is 21.1. The van der Waals surface area contributed by atoms with Crippen LogP contribution in [0.3, 0.4) is 0 Å². The van der Waals surface area contributed by atoms with Crippen LogP contribution in [0.15, 0.2) is 75.9 Å². The average molecular weight is 455 g/mol. The third kappa shape index (κ3) is 4.60. The fraction of sp³-hybridized carbons (Fsp3) is 0.0952. The summed E-state index contributed by atoms with van der Waals surface area (Å²) in [5, 5.41) is 6.85. The highest BCUT2D eigenvalue weighted by molar-refractivity contribution is 9.10. The molecule has 0 aliphatic carbocycles. The van der Waals surface area contributed by atoms with Crippen molar-refractivity contribution in [1.82, 2.24) is 20.0 Å². The molecular formula is C21H16BrFN4O2. The third-order valence-electron chi connectivity index (χ3n) is 4.27. The lowest BCUT2D eigenvalue weighted by atomic mass is 10.2. The molecule has 0 aliphatic rings. The quantitative estimate of drug-likeness (QED) is 0.467. The van der Waals surface area contributed by atoms with E-state index in [2.05, 4.69) is 31.4 Å². The van der Waals surface area contributed by atoms with E-state index in [9.17, 15) is 9.18 Å². The van der Waals surface area contributed by atoms with Crippen LogP contribution < -0.4 is 5.32 Å². The predicted molar refractivity (Wildman–Crippen MR) is 109 cm³/mol. The fourth-order valence-corrected chi connectivity index (χ4v) is 3.29. The molecule has 0 spiro atoms. The second-order valence-electron chi connectivity index (χ2n) is 6.36. The van der Waals surface area contributed by atoms with Crippen LogP contribution in [0, 0.1) is 5.82 Å². The van der Waals surface area contributed by atoms with E-state index in [1.54, 1.807) is 35.0 Å². The highest BCUT2D eigenvalue weighted by Gasteiger charge is 2.15. The zero-order chi connectivity index (χ0) is 20.2. The molecule has 0 saturated heterocycles. The summed E-state index contributed by atoms with van der Waals surface area (Å²) in [7, 11) is 0. The fourth-order valence-electron chi connectivity index (χ4n) is 2.85. The van der Waals surface area contributed by atoms with E-state index in [0.29, 0.717) is 23.6 Å². The van der Waals surface area contributed by atoms with Crippen molar-refractivity contribution in [3.63, 3.8) is 0 Å². The van der Waals surface area contributed by atoms with E-state index in [4.69, 9.17) is 4.52 Å². The predicted octanol–water partition coefficient (Wildman–Crippen LogP) is 4.42. The molecule has 6 nitrogen and oxygen atoms in total. The summed E-state index contributed by atoms with van der Waals surface area (Å²) in [4.78, 5) is 16.7. The summed E-state index contributed by atoms with van der Waals surface area (Å²) in [6, 6.07) is 17.2. The molecule has 4 rings (SSSR count). The van der Waals surface area contributed by atoms with E-state index < -0.39 is 0 Å². The first-order valence-electron chi connectivity index (χ1n) is 8.85. The standard InChI is InChI=1S/C21H16BrFN4O2/c22-16-4-1-3-14(11-16)12-24-19(28)13-27-10-2-5-18(27)21-25-20(26-29-21)15-6-8-17(23)9-7-15/h1-11H,12-13H2,(H,24,28). The van der Waals surface area contributed by atoms with Gasteiger partial charge in [-0.3, -0.25) is 4.79 Å². The van der Waals surface area contributed by atoms with Gasteiger partial charge in [0, 0.05) is 22.8 Å². The Labute approximate surface area is 174 Å². The minimum absolute atomic E-state index is 0.116. The van der Waals surface area contributed by atoms with Crippen LogP contribution in [0.5, 0.6) is 0 Å². The first-order chi connectivity index (χ1) is 14.1. The average Bonchev–Trinajstić information content (AvgIpc) is 3.36. The van der Waals surface area contributed by atoms with Gasteiger partial charge in [0.25, 0.3) is 5.89 Å². The van der Waals surface area contributed by atoms with Gasteiger partial charge in [-0.25, -0.2) is 4.39 Å². The van der Waals surface area contributed by atoms with Crippen LogP contribution in [-0.4, -0.2) is 20.6 Å². The molecule has 0 unspecified atom stereocenters. The SMILES string of the molecule is O=C(Cn1cccc1-c1nc(-c2ccc(F)cc2)no1)NCc1cccc(Br)c1. The van der Waals surface area contributed by atoms with E-state index in [0.717, 1.165) is 10.0 Å². The van der Waals surface area contributed by atoms with Crippen LogP contribution in [0.25, 0.3) is 23.0 Å². The number of rotatable bonds is 6. The monoisotopic (exact) mass is 454 g/mol. The molecule has 29 heavy (non-hydrogen) atoms. The van der Waals surface area contributed by atoms with Crippen molar-refractivity contribution in [2.45, 2.75) is 13.1 Å². The molecule has 0 aliphatic heterocycles. The Morgan fingerprint density at radius 2 is 1.97 bits per heavy atom. The summed E-state index contributed by atoms with van der Waals surface area (Å²) in [6.45, 7) is 0.550. The van der Waals surface area contributed by atoms with E-state index >= 15 is 0 Å². The maximum atomic E-state index is 13.1. The molecule has 2 heterocycles. The second kappa shape index (κ2) is 8.40. The van der Waals surface area contributed by atoms with Crippen LogP contribution in [-0.2, 0) is 17.9 Å². The molecule has 0 saturated carbocycles. The third-order valence-corrected chi connectivity index (χ3v) is 4.76. The number of amides is 1. The van der Waals surface area contributed by atoms with Gasteiger partial charge in [-0.05, 0) is 54.1 Å². The molecule has 4 aromatic rings. The van der Waals surface area contributed by atoms with Crippen LogP contribution in [0.2, 0.25) is 0 Å². The highest BCUT2D eigenvalue weighted by atomic mass is 79.9. The maximum Gasteiger partial charge on any atom is 0.274 e. The van der Waals surface area contributed by atoms with Crippen molar-refractivity contribution in [3.8, 4) is 23.0 Å². The van der Waals surface area contributed by atoms with E-state index in [1.807, 2.05) is 24.3 Å². The largest absolute Gasteiger partial charge is 0.350 e. The minimum Gasteiger partial charge on any atom is -0.350 e. The molecule has 0 radical (unpaired) electrons. The van der Waals surface area contributed by atoms with Gasteiger partial charge in [0.2, 0.25) is 11.7 Å². The van der Waals surface area contributed by atoms with Gasteiger partial charge >= 0.3 is 0 Å². The number of nitrogens with one attached hydrogen (secondary N) is 1. The number of benzene rings is 2. The van der Waals surface area contributed by atoms with Crippen molar-refractivity contribution in [3.05, 3.63) is 82.7 Å². The van der Waals surface area contributed by atoms with Gasteiger partial charge in [-0.1, -0.05) is 33.2 Å². The molecule has 2 aromatic carbocycles. The Balaban J connectivity index is 1.44. The Kier molecular flexibility index (Phi) is 5.53. The van der Waals surface area contributed by atoms with Gasteiger partial charge in [0.1, 0.15) is 18.1 Å². The summed E-state index contributed by atoms with van der Waals surface area (Å²) in [5.74, 6) is 0.168. The summed E-state index contributed by atoms with van der Waals surface area (Å²) in [6.07, 6.45) is 1.77. The molecular weight excluding hydrogens is 439 g/mol. The van der Waals surface area contributed by atoms with Gasteiger partial charge < -0.3 is 14.4 Å². The van der Waals surface area contributed by atoms with Crippen molar-refractivity contribution in [2.24, 2.45) is 0 Å². The molecule has 0 bridgehead atoms. The Hall–Kier alpha value is -3.26. The first kappa shape index (κ1) is 19.1. The number of hydrogen-bond acceptors (Lipinski definition) is 4. The van der Waals surface area contributed by atoms with Crippen molar-refractivity contribution in [2.75, 3.05) is 0 Å². The Bertz CT molecular complexity index is 1140. The number of halogens is 2. The van der Waals surface area contributed by atoms with Gasteiger partial charge in [-0.15, -0.1) is 0 Å². The molecule has 0 atom stereocenters. The van der Waals surface area contributed by atoms with Crippen LogP contribution in [0.4, 0.5) is 4.39 Å². The second-order valence-corrected chi connectivity index (χ2v) is 7.27. The topological polar surface area (TPSA) is 73.0 Å². The van der Waals surface area contributed by atoms with Gasteiger partial charge in [0.05, 0.1) is 0 Å². The number of aromatic nitrogens is 3. The van der Waals surface area contributed by atoms with Crippen LogP contribution >= 0.6 is 15.9 Å². The van der Waals surface area contributed by atoms with Crippen molar-refractivity contribution in [1.29, 1.82) is 0 Å². The zero-order valence-corrected chi connectivity index (χ0v) is 16.8. The molecule has 1 amide bonds. The normalized spacial score (nSPS) is 10.8. The maximum absolute atomic E-state index is 13.1. The van der Waals surface area contributed by atoms with Crippen molar-refractivity contribution >= 4 is 21.8 Å². The Morgan fingerprint density at radius 1 is 1.14 bits per heavy atom. The smallest absolute Gasteiger partial charge is 0.274 e. The van der Waals surface area contributed by atoms with Gasteiger partial charge in [0.15, 0.2) is 0 Å². The lowest BCUT2D eigenvalue weighted by molar-refractivity contribution is -0.121. The lowest BCUT2D eigenvalue weighted by Gasteiger charge is -2.08. The lowest BCUT2D eigenvalue weighted by Crippen LogP contribution is -2.27. The van der Waals surface area contributed by atoms with Crippen LogP contribution in [0.1, 0.15) is 5.56 Å². The molecule has 8 heteroatoms. The van der Waals surface area contributed by atoms with Crippen molar-refractivity contribution < 1.29 is 13.7 Å². The Morgan fingerprint density at radius 3 is 2.76 bits per heavy atom. The molecule has 2 aromatic heterocycles. The molecule has 146 valence electrons. The first-order valence-corrected chi connectivity index (χ1v) is 9.64. The zero-order valence-electron chi connectivity index (χ0n) is 15.2. The molecule has 0 fully saturated rings. The minimum atomic E-state index is -0.333. The number of carbonyl (C=O) groups excluding carboxylic acids is 1. The molecule has 1 N–H and O–H groups in total. The summed E-state index contributed by atoms with van der Waals surface area (Å²) >= 11 is 3.42. The highest BCUT2D eigenvalue weighted by Crippen LogP contribution is 2.23. The summed E-state index contributed by atoms with van der Waals surface area (Å²) in [5.41, 5.74) is 2.27.